The molecule has 0 spiro atoms. The summed E-state index contributed by atoms with van der Waals surface area (Å²) in [5.74, 6) is -0.168. The molecule has 1 heterocycles. The highest BCUT2D eigenvalue weighted by Crippen LogP contribution is 2.22. The van der Waals surface area contributed by atoms with E-state index in [0.29, 0.717) is 6.54 Å². The van der Waals surface area contributed by atoms with E-state index in [-0.39, 0.29) is 17.8 Å². The summed E-state index contributed by atoms with van der Waals surface area (Å²) in [6, 6.07) is 13.0. The highest BCUT2D eigenvalue weighted by atomic mass is 19.1. The van der Waals surface area contributed by atoms with E-state index < -0.39 is 0 Å². The lowest BCUT2D eigenvalue weighted by atomic mass is 10.1. The van der Waals surface area contributed by atoms with Gasteiger partial charge in [-0.15, -0.1) is 0 Å². The molecule has 0 saturated carbocycles. The standard InChI is InChI=1S/C22H28FN3O/c1-16-5-4-6-17(2)22(16)24-21(27)15-25-11-13-26(14-12-25)18(3)19-7-9-20(23)10-8-19/h4-10,18H,11-15H2,1-3H3,(H,24,27)/t18-/m0/s1. The Morgan fingerprint density at radius 2 is 1.63 bits per heavy atom. The van der Waals surface area contributed by atoms with Crippen LogP contribution in [0.15, 0.2) is 42.5 Å². The highest BCUT2D eigenvalue weighted by molar-refractivity contribution is 5.93. The van der Waals surface area contributed by atoms with Gasteiger partial charge in [-0.2, -0.15) is 0 Å². The molecule has 0 radical (unpaired) electrons. The van der Waals surface area contributed by atoms with Gasteiger partial charge >= 0.3 is 0 Å². The van der Waals surface area contributed by atoms with E-state index >= 15 is 0 Å². The molecule has 1 amide bonds. The molecule has 1 saturated heterocycles. The zero-order chi connectivity index (χ0) is 19.4. The molecule has 144 valence electrons. The number of aryl methyl sites for hydroxylation is 2. The van der Waals surface area contributed by atoms with Gasteiger partial charge < -0.3 is 5.32 Å². The predicted molar refractivity (Wildman–Crippen MR) is 107 cm³/mol. The molecule has 3 rings (SSSR count). The molecule has 27 heavy (non-hydrogen) atoms. The van der Waals surface area contributed by atoms with Crippen molar-refractivity contribution >= 4 is 11.6 Å². The molecule has 1 aliphatic heterocycles. The van der Waals surface area contributed by atoms with Crippen LogP contribution in [0.2, 0.25) is 0 Å². The number of halogens is 1. The molecular weight excluding hydrogens is 341 g/mol. The smallest absolute Gasteiger partial charge is 0.238 e. The Morgan fingerprint density at radius 1 is 1.04 bits per heavy atom. The van der Waals surface area contributed by atoms with Crippen LogP contribution in [-0.4, -0.2) is 48.4 Å². The Kier molecular flexibility index (Phi) is 6.24. The third kappa shape index (κ3) is 4.93. The zero-order valence-corrected chi connectivity index (χ0v) is 16.3. The van der Waals surface area contributed by atoms with Crippen molar-refractivity contribution in [1.29, 1.82) is 0 Å². The fourth-order valence-corrected chi connectivity index (χ4v) is 3.65. The van der Waals surface area contributed by atoms with Gasteiger partial charge in [0.25, 0.3) is 0 Å². The second-order valence-corrected chi connectivity index (χ2v) is 7.35. The van der Waals surface area contributed by atoms with Crippen molar-refractivity contribution in [2.45, 2.75) is 26.8 Å². The number of nitrogens with zero attached hydrogens (tertiary/aromatic N) is 2. The molecular formula is C22H28FN3O. The summed E-state index contributed by atoms with van der Waals surface area (Å²) in [5.41, 5.74) is 4.21. The van der Waals surface area contributed by atoms with Crippen LogP contribution in [0.4, 0.5) is 10.1 Å². The number of amides is 1. The number of carbonyl (C=O) groups excluding carboxylic acids is 1. The van der Waals surface area contributed by atoms with E-state index in [1.54, 1.807) is 0 Å². The van der Waals surface area contributed by atoms with E-state index in [9.17, 15) is 9.18 Å². The number of nitrogens with one attached hydrogen (secondary N) is 1. The molecule has 4 nitrogen and oxygen atoms in total. The maximum absolute atomic E-state index is 13.1. The lowest BCUT2D eigenvalue weighted by Gasteiger charge is -2.38. The summed E-state index contributed by atoms with van der Waals surface area (Å²) >= 11 is 0. The Balaban J connectivity index is 1.50. The first-order chi connectivity index (χ1) is 12.9. The Morgan fingerprint density at radius 3 is 2.22 bits per heavy atom. The average Bonchev–Trinajstić information content (AvgIpc) is 2.65. The summed E-state index contributed by atoms with van der Waals surface area (Å²) in [7, 11) is 0. The SMILES string of the molecule is Cc1cccc(C)c1NC(=O)CN1CCN([C@@H](C)c2ccc(F)cc2)CC1. The van der Waals surface area contributed by atoms with Gasteiger partial charge in [-0.3, -0.25) is 14.6 Å². The number of benzene rings is 2. The van der Waals surface area contributed by atoms with E-state index in [1.807, 2.05) is 44.2 Å². The largest absolute Gasteiger partial charge is 0.324 e. The van der Waals surface area contributed by atoms with Crippen LogP contribution in [-0.2, 0) is 4.79 Å². The van der Waals surface area contributed by atoms with Gasteiger partial charge in [0.2, 0.25) is 5.91 Å². The summed E-state index contributed by atoms with van der Waals surface area (Å²) in [5, 5.41) is 3.06. The molecule has 5 heteroatoms. The predicted octanol–water partition coefficient (Wildman–Crippen LogP) is 3.76. The van der Waals surface area contributed by atoms with Crippen molar-refractivity contribution in [3.63, 3.8) is 0 Å². The van der Waals surface area contributed by atoms with E-state index in [1.165, 1.54) is 12.1 Å². The molecule has 2 aromatic rings. The minimum absolute atomic E-state index is 0.0347. The maximum atomic E-state index is 13.1. The van der Waals surface area contributed by atoms with Crippen molar-refractivity contribution in [2.24, 2.45) is 0 Å². The van der Waals surface area contributed by atoms with Gasteiger partial charge in [-0.05, 0) is 49.6 Å². The van der Waals surface area contributed by atoms with Crippen LogP contribution in [0.3, 0.4) is 0 Å². The van der Waals surface area contributed by atoms with Crippen LogP contribution in [0.1, 0.15) is 29.7 Å². The highest BCUT2D eigenvalue weighted by Gasteiger charge is 2.23. The molecule has 0 bridgehead atoms. The molecule has 0 aromatic heterocycles. The van der Waals surface area contributed by atoms with Gasteiger partial charge in [0.15, 0.2) is 0 Å². The lowest BCUT2D eigenvalue weighted by molar-refractivity contribution is -0.117. The van der Waals surface area contributed by atoms with Gasteiger partial charge in [0, 0.05) is 37.9 Å². The molecule has 2 aromatic carbocycles. The monoisotopic (exact) mass is 369 g/mol. The van der Waals surface area contributed by atoms with Gasteiger partial charge in [0.1, 0.15) is 5.82 Å². The van der Waals surface area contributed by atoms with Crippen LogP contribution < -0.4 is 5.32 Å². The number of anilines is 1. The average molecular weight is 369 g/mol. The molecule has 1 atom stereocenters. The first-order valence-electron chi connectivity index (χ1n) is 9.52. The number of para-hydroxylation sites is 1. The molecule has 0 aliphatic carbocycles. The van der Waals surface area contributed by atoms with E-state index in [2.05, 4.69) is 22.0 Å². The van der Waals surface area contributed by atoms with Gasteiger partial charge in [-0.25, -0.2) is 4.39 Å². The fourth-order valence-electron chi connectivity index (χ4n) is 3.65. The number of rotatable bonds is 5. The quantitative estimate of drug-likeness (QED) is 0.872. The topological polar surface area (TPSA) is 35.6 Å². The second kappa shape index (κ2) is 8.63. The first kappa shape index (κ1) is 19.5. The van der Waals surface area contributed by atoms with Crippen LogP contribution >= 0.6 is 0 Å². The fraction of sp³-hybridized carbons (Fsp3) is 0.409. The third-order valence-corrected chi connectivity index (χ3v) is 5.42. The normalized spacial score (nSPS) is 16.9. The number of piperazine rings is 1. The molecule has 0 unspecified atom stereocenters. The Bertz CT molecular complexity index is 762. The minimum atomic E-state index is -0.203. The van der Waals surface area contributed by atoms with Crippen molar-refractivity contribution in [1.82, 2.24) is 9.80 Å². The van der Waals surface area contributed by atoms with Gasteiger partial charge in [0.05, 0.1) is 6.54 Å². The Labute approximate surface area is 161 Å². The second-order valence-electron chi connectivity index (χ2n) is 7.35. The lowest BCUT2D eigenvalue weighted by Crippen LogP contribution is -2.49. The Hall–Kier alpha value is -2.24. The maximum Gasteiger partial charge on any atom is 0.238 e. The molecule has 1 aliphatic rings. The van der Waals surface area contributed by atoms with Crippen molar-refractivity contribution in [3.05, 3.63) is 65.0 Å². The number of hydrogen-bond donors (Lipinski definition) is 1. The van der Waals surface area contributed by atoms with Crippen molar-refractivity contribution < 1.29 is 9.18 Å². The van der Waals surface area contributed by atoms with Crippen molar-refractivity contribution in [2.75, 3.05) is 38.0 Å². The van der Waals surface area contributed by atoms with Crippen LogP contribution in [0.5, 0.6) is 0 Å². The minimum Gasteiger partial charge on any atom is -0.324 e. The molecule has 1 N–H and O–H groups in total. The van der Waals surface area contributed by atoms with Gasteiger partial charge in [-0.1, -0.05) is 30.3 Å². The van der Waals surface area contributed by atoms with Crippen LogP contribution in [0.25, 0.3) is 0 Å². The number of hydrogen-bond acceptors (Lipinski definition) is 3. The van der Waals surface area contributed by atoms with Crippen LogP contribution in [0, 0.1) is 19.7 Å². The van der Waals surface area contributed by atoms with E-state index in [0.717, 1.165) is 48.6 Å². The van der Waals surface area contributed by atoms with E-state index in [4.69, 9.17) is 0 Å². The molecule has 1 fully saturated rings. The summed E-state index contributed by atoms with van der Waals surface area (Å²) in [6.45, 7) is 10.1. The summed E-state index contributed by atoms with van der Waals surface area (Å²) in [4.78, 5) is 17.0. The first-order valence-corrected chi connectivity index (χ1v) is 9.52. The summed E-state index contributed by atoms with van der Waals surface area (Å²) in [6.07, 6.45) is 0. The van der Waals surface area contributed by atoms with Crippen molar-refractivity contribution in [3.8, 4) is 0 Å². The summed E-state index contributed by atoms with van der Waals surface area (Å²) < 4.78 is 13.1. The number of carbonyl (C=O) groups is 1. The third-order valence-electron chi connectivity index (χ3n) is 5.42. The zero-order valence-electron chi connectivity index (χ0n) is 16.3.